The molecule has 0 saturated carbocycles. The number of hydrogen-bond acceptors (Lipinski definition) is 3. The summed E-state index contributed by atoms with van der Waals surface area (Å²) in [4.78, 5) is 0. The van der Waals surface area contributed by atoms with Crippen molar-refractivity contribution in [2.45, 2.75) is 25.8 Å². The standard InChI is InChI=1S/C26H26N2S/c1-26(2,23-10-5-4-6-11-23)24-14-12-20(13-15-24)18-27-28(3)19-22-9-7-8-21-16-17-29-25(21)22/h4-18H,19H2,1-3H3/b27-18+. The largest absolute Gasteiger partial charge is 0.296 e. The molecule has 0 fully saturated rings. The highest BCUT2D eigenvalue weighted by Crippen LogP contribution is 2.31. The third kappa shape index (κ3) is 4.25. The first-order valence-corrected chi connectivity index (χ1v) is 10.8. The van der Waals surface area contributed by atoms with Crippen LogP contribution in [0.4, 0.5) is 0 Å². The topological polar surface area (TPSA) is 15.6 Å². The van der Waals surface area contributed by atoms with Crippen molar-refractivity contribution in [2.24, 2.45) is 5.10 Å². The van der Waals surface area contributed by atoms with E-state index in [2.05, 4.69) is 103 Å². The Labute approximate surface area is 177 Å². The Morgan fingerprint density at radius 1 is 0.862 bits per heavy atom. The monoisotopic (exact) mass is 398 g/mol. The minimum atomic E-state index is -0.0207. The number of thiophene rings is 1. The maximum absolute atomic E-state index is 4.64. The van der Waals surface area contributed by atoms with E-state index in [4.69, 9.17) is 0 Å². The summed E-state index contributed by atoms with van der Waals surface area (Å²) >= 11 is 1.79. The molecule has 2 nitrogen and oxygen atoms in total. The molecule has 3 heteroatoms. The molecule has 0 unspecified atom stereocenters. The van der Waals surface area contributed by atoms with Crippen LogP contribution in [0.5, 0.6) is 0 Å². The Hall–Kier alpha value is -2.91. The molecule has 0 N–H and O–H groups in total. The summed E-state index contributed by atoms with van der Waals surface area (Å²) in [6.45, 7) is 5.34. The SMILES string of the molecule is CN(Cc1cccc2ccsc12)/N=C/c1ccc(C(C)(C)c2ccccc2)cc1. The van der Waals surface area contributed by atoms with Crippen LogP contribution in [-0.4, -0.2) is 18.3 Å². The fraction of sp³-hybridized carbons (Fsp3) is 0.192. The van der Waals surface area contributed by atoms with E-state index in [9.17, 15) is 0 Å². The molecule has 0 aliphatic heterocycles. The number of nitrogens with zero attached hydrogens (tertiary/aromatic N) is 2. The summed E-state index contributed by atoms with van der Waals surface area (Å²) in [6, 6.07) is 28.0. The second-order valence-corrected chi connectivity index (χ2v) is 8.85. The van der Waals surface area contributed by atoms with Crippen LogP contribution < -0.4 is 0 Å². The van der Waals surface area contributed by atoms with Gasteiger partial charge in [-0.05, 0) is 39.1 Å². The van der Waals surface area contributed by atoms with Gasteiger partial charge in [0.05, 0.1) is 12.8 Å². The molecule has 0 aliphatic rings. The normalized spacial score (nSPS) is 12.0. The molecule has 0 bridgehead atoms. The minimum absolute atomic E-state index is 0.0207. The number of hydrazone groups is 1. The smallest absolute Gasteiger partial charge is 0.0621 e. The highest BCUT2D eigenvalue weighted by Gasteiger charge is 2.22. The van der Waals surface area contributed by atoms with Gasteiger partial charge in [-0.1, -0.05) is 86.6 Å². The molecule has 1 heterocycles. The maximum atomic E-state index is 4.64. The molecule has 1 aromatic heterocycles. The summed E-state index contributed by atoms with van der Waals surface area (Å²) in [5, 5.41) is 10.1. The van der Waals surface area contributed by atoms with Gasteiger partial charge in [0.1, 0.15) is 0 Å². The fourth-order valence-corrected chi connectivity index (χ4v) is 4.55. The van der Waals surface area contributed by atoms with Crippen molar-refractivity contribution in [1.29, 1.82) is 0 Å². The fourth-order valence-electron chi connectivity index (χ4n) is 3.64. The summed E-state index contributed by atoms with van der Waals surface area (Å²) in [5.41, 5.74) is 5.03. The van der Waals surface area contributed by atoms with Crippen molar-refractivity contribution >= 4 is 27.6 Å². The molecule has 0 saturated heterocycles. The van der Waals surface area contributed by atoms with Gasteiger partial charge in [0.25, 0.3) is 0 Å². The van der Waals surface area contributed by atoms with Crippen LogP contribution >= 0.6 is 11.3 Å². The van der Waals surface area contributed by atoms with Crippen molar-refractivity contribution < 1.29 is 0 Å². The zero-order valence-corrected chi connectivity index (χ0v) is 18.0. The van der Waals surface area contributed by atoms with Crippen LogP contribution in [0.3, 0.4) is 0 Å². The first kappa shape index (κ1) is 19.4. The van der Waals surface area contributed by atoms with Crippen LogP contribution in [0.25, 0.3) is 10.1 Å². The van der Waals surface area contributed by atoms with E-state index >= 15 is 0 Å². The van der Waals surface area contributed by atoms with Crippen molar-refractivity contribution in [3.05, 3.63) is 106 Å². The molecule has 4 aromatic rings. The van der Waals surface area contributed by atoms with E-state index in [0.717, 1.165) is 12.1 Å². The van der Waals surface area contributed by atoms with Gasteiger partial charge >= 0.3 is 0 Å². The molecule has 0 spiro atoms. The molecule has 0 atom stereocenters. The van der Waals surface area contributed by atoms with Crippen molar-refractivity contribution in [1.82, 2.24) is 5.01 Å². The van der Waals surface area contributed by atoms with E-state index in [1.165, 1.54) is 26.8 Å². The summed E-state index contributed by atoms with van der Waals surface area (Å²) < 4.78 is 1.35. The summed E-state index contributed by atoms with van der Waals surface area (Å²) in [5.74, 6) is 0. The van der Waals surface area contributed by atoms with E-state index in [0.29, 0.717) is 0 Å². The van der Waals surface area contributed by atoms with Crippen LogP contribution in [0, 0.1) is 0 Å². The number of hydrogen-bond donors (Lipinski definition) is 0. The molecule has 0 radical (unpaired) electrons. The molecule has 0 amide bonds. The predicted octanol–water partition coefficient (Wildman–Crippen LogP) is 6.69. The molecule has 4 rings (SSSR count). The lowest BCUT2D eigenvalue weighted by atomic mass is 9.78. The predicted molar refractivity (Wildman–Crippen MR) is 126 cm³/mol. The van der Waals surface area contributed by atoms with Crippen molar-refractivity contribution in [2.75, 3.05) is 7.05 Å². The lowest BCUT2D eigenvalue weighted by Gasteiger charge is -2.26. The number of benzene rings is 3. The Morgan fingerprint density at radius 3 is 2.34 bits per heavy atom. The van der Waals surface area contributed by atoms with Crippen LogP contribution in [0.15, 0.2) is 89.3 Å². The van der Waals surface area contributed by atoms with E-state index in [1.54, 1.807) is 11.3 Å². The van der Waals surface area contributed by atoms with Gasteiger partial charge in [0.2, 0.25) is 0 Å². The lowest BCUT2D eigenvalue weighted by molar-refractivity contribution is 0.350. The van der Waals surface area contributed by atoms with Gasteiger partial charge in [-0.3, -0.25) is 5.01 Å². The van der Waals surface area contributed by atoms with Gasteiger partial charge in [0, 0.05) is 17.2 Å². The van der Waals surface area contributed by atoms with E-state index < -0.39 is 0 Å². The quantitative estimate of drug-likeness (QED) is 0.261. The number of fused-ring (bicyclic) bond motifs is 1. The molecular weight excluding hydrogens is 372 g/mol. The van der Waals surface area contributed by atoms with Crippen LogP contribution in [0.1, 0.15) is 36.1 Å². The van der Waals surface area contributed by atoms with E-state index in [1.807, 2.05) is 18.3 Å². The van der Waals surface area contributed by atoms with Crippen molar-refractivity contribution in [3.63, 3.8) is 0 Å². The van der Waals surface area contributed by atoms with Crippen LogP contribution in [0.2, 0.25) is 0 Å². The second-order valence-electron chi connectivity index (χ2n) is 7.93. The summed E-state index contributed by atoms with van der Waals surface area (Å²) in [7, 11) is 2.02. The van der Waals surface area contributed by atoms with Gasteiger partial charge in [-0.2, -0.15) is 5.10 Å². The zero-order valence-electron chi connectivity index (χ0n) is 17.2. The van der Waals surface area contributed by atoms with Gasteiger partial charge < -0.3 is 0 Å². The first-order valence-electron chi connectivity index (χ1n) is 9.90. The second kappa shape index (κ2) is 8.22. The van der Waals surface area contributed by atoms with Gasteiger partial charge in [-0.25, -0.2) is 0 Å². The average Bonchev–Trinajstić information content (AvgIpc) is 3.23. The molecule has 29 heavy (non-hydrogen) atoms. The Balaban J connectivity index is 1.45. The van der Waals surface area contributed by atoms with E-state index in [-0.39, 0.29) is 5.41 Å². The molecular formula is C26H26N2S. The molecule has 3 aromatic carbocycles. The highest BCUT2D eigenvalue weighted by atomic mass is 32.1. The van der Waals surface area contributed by atoms with Gasteiger partial charge in [-0.15, -0.1) is 11.3 Å². The highest BCUT2D eigenvalue weighted by molar-refractivity contribution is 7.17. The summed E-state index contributed by atoms with van der Waals surface area (Å²) in [6.07, 6.45) is 1.94. The van der Waals surface area contributed by atoms with Gasteiger partial charge in [0.15, 0.2) is 0 Å². The molecule has 146 valence electrons. The third-order valence-electron chi connectivity index (χ3n) is 5.49. The average molecular weight is 399 g/mol. The van der Waals surface area contributed by atoms with Crippen LogP contribution in [-0.2, 0) is 12.0 Å². The lowest BCUT2D eigenvalue weighted by Crippen LogP contribution is -2.18. The zero-order chi connectivity index (χ0) is 20.3. The molecule has 0 aliphatic carbocycles. The Bertz CT molecular complexity index is 1110. The van der Waals surface area contributed by atoms with Crippen molar-refractivity contribution in [3.8, 4) is 0 Å². The Morgan fingerprint density at radius 2 is 1.59 bits per heavy atom. The first-order chi connectivity index (χ1) is 14.0. The third-order valence-corrected chi connectivity index (χ3v) is 6.50. The maximum Gasteiger partial charge on any atom is 0.0621 e. The minimum Gasteiger partial charge on any atom is -0.296 e. The Kier molecular flexibility index (Phi) is 5.50. The number of rotatable bonds is 6.